The number of amides is 2. The Morgan fingerprint density at radius 1 is 1.23 bits per heavy atom. The predicted octanol–water partition coefficient (Wildman–Crippen LogP) is 2.54. The molecule has 2 amide bonds. The van der Waals surface area contributed by atoms with E-state index in [4.69, 9.17) is 0 Å². The minimum atomic E-state index is 0.256. The number of carbonyl (C=O) groups excluding carboxylic acids is 2. The van der Waals surface area contributed by atoms with Gasteiger partial charge >= 0.3 is 0 Å². The van der Waals surface area contributed by atoms with Gasteiger partial charge in [0.15, 0.2) is 0 Å². The molecule has 22 heavy (non-hydrogen) atoms. The van der Waals surface area contributed by atoms with Crippen molar-refractivity contribution >= 4 is 17.5 Å². The molecule has 4 rings (SSSR count). The molecule has 1 saturated carbocycles. The molecule has 0 spiro atoms. The predicted molar refractivity (Wildman–Crippen MR) is 84.7 cm³/mol. The molecule has 1 aliphatic carbocycles. The third kappa shape index (κ3) is 2.40. The van der Waals surface area contributed by atoms with Crippen LogP contribution in [0.25, 0.3) is 0 Å². The minimum absolute atomic E-state index is 0.256. The first kappa shape index (κ1) is 13.8. The Balaban J connectivity index is 1.49. The fourth-order valence-electron chi connectivity index (χ4n) is 3.75. The van der Waals surface area contributed by atoms with Crippen LogP contribution in [0.4, 0.5) is 5.69 Å². The van der Waals surface area contributed by atoms with Gasteiger partial charge in [0.2, 0.25) is 11.8 Å². The fraction of sp³-hybridized carbons (Fsp3) is 0.556. The van der Waals surface area contributed by atoms with Gasteiger partial charge in [-0.25, -0.2) is 0 Å². The maximum absolute atomic E-state index is 12.5. The standard InChI is InChI=1S/C18H22N2O2/c21-17-6-3-10-19(17)11-9-14-12-20(18(22)13-7-8-13)16-5-2-1-4-15(14)16/h1-2,4-5,13-14H,3,6-12H2/t14-/m1/s1. The van der Waals surface area contributed by atoms with Gasteiger partial charge in [-0.15, -0.1) is 0 Å². The summed E-state index contributed by atoms with van der Waals surface area (Å²) >= 11 is 0. The van der Waals surface area contributed by atoms with Crippen molar-refractivity contribution in [2.24, 2.45) is 5.92 Å². The molecule has 4 nitrogen and oxygen atoms in total. The van der Waals surface area contributed by atoms with Crippen LogP contribution in [0.3, 0.4) is 0 Å². The zero-order valence-corrected chi connectivity index (χ0v) is 12.8. The Hall–Kier alpha value is -1.84. The van der Waals surface area contributed by atoms with E-state index < -0.39 is 0 Å². The van der Waals surface area contributed by atoms with Crippen molar-refractivity contribution in [3.8, 4) is 0 Å². The Kier molecular flexibility index (Phi) is 3.40. The van der Waals surface area contributed by atoms with Gasteiger partial charge in [0, 0.05) is 43.6 Å². The first-order chi connectivity index (χ1) is 10.7. The molecular weight excluding hydrogens is 276 g/mol. The van der Waals surface area contributed by atoms with Crippen molar-refractivity contribution in [1.82, 2.24) is 4.90 Å². The van der Waals surface area contributed by atoms with E-state index in [0.717, 1.165) is 51.0 Å². The van der Waals surface area contributed by atoms with E-state index in [-0.39, 0.29) is 11.8 Å². The lowest BCUT2D eigenvalue weighted by Crippen LogP contribution is -2.32. The molecule has 1 saturated heterocycles. The highest BCUT2D eigenvalue weighted by molar-refractivity contribution is 5.98. The number of para-hydroxylation sites is 1. The van der Waals surface area contributed by atoms with Gasteiger partial charge in [0.25, 0.3) is 0 Å². The lowest BCUT2D eigenvalue weighted by molar-refractivity contribution is -0.127. The van der Waals surface area contributed by atoms with Crippen LogP contribution >= 0.6 is 0 Å². The van der Waals surface area contributed by atoms with E-state index in [0.29, 0.717) is 18.2 Å². The molecule has 0 aromatic heterocycles. The van der Waals surface area contributed by atoms with Gasteiger partial charge in [0.1, 0.15) is 0 Å². The molecule has 0 bridgehead atoms. The van der Waals surface area contributed by atoms with Crippen LogP contribution in [0.5, 0.6) is 0 Å². The van der Waals surface area contributed by atoms with Crippen molar-refractivity contribution in [1.29, 1.82) is 0 Å². The third-order valence-electron chi connectivity index (χ3n) is 5.18. The van der Waals surface area contributed by atoms with Crippen LogP contribution < -0.4 is 4.90 Å². The van der Waals surface area contributed by atoms with Gasteiger partial charge in [0.05, 0.1) is 0 Å². The summed E-state index contributed by atoms with van der Waals surface area (Å²) in [5.41, 5.74) is 2.38. The van der Waals surface area contributed by atoms with E-state index in [2.05, 4.69) is 18.2 Å². The Morgan fingerprint density at radius 2 is 2.05 bits per heavy atom. The highest BCUT2D eigenvalue weighted by Gasteiger charge is 2.39. The summed E-state index contributed by atoms with van der Waals surface area (Å²) in [4.78, 5) is 28.2. The van der Waals surface area contributed by atoms with Crippen molar-refractivity contribution in [3.63, 3.8) is 0 Å². The first-order valence-electron chi connectivity index (χ1n) is 8.42. The van der Waals surface area contributed by atoms with Crippen LogP contribution in [0.2, 0.25) is 0 Å². The highest BCUT2D eigenvalue weighted by atomic mass is 16.2. The Labute approximate surface area is 131 Å². The smallest absolute Gasteiger partial charge is 0.230 e. The molecule has 1 atom stereocenters. The van der Waals surface area contributed by atoms with Gasteiger partial charge < -0.3 is 9.80 Å². The van der Waals surface area contributed by atoms with Crippen LogP contribution in [0, 0.1) is 5.92 Å². The van der Waals surface area contributed by atoms with Crippen molar-refractivity contribution in [3.05, 3.63) is 29.8 Å². The second kappa shape index (κ2) is 5.41. The number of nitrogens with zero attached hydrogens (tertiary/aromatic N) is 2. The van der Waals surface area contributed by atoms with E-state index in [1.54, 1.807) is 0 Å². The summed E-state index contributed by atoms with van der Waals surface area (Å²) in [7, 11) is 0. The van der Waals surface area contributed by atoms with Crippen LogP contribution in [0.1, 0.15) is 43.6 Å². The van der Waals surface area contributed by atoms with Crippen LogP contribution in [0.15, 0.2) is 24.3 Å². The quantitative estimate of drug-likeness (QED) is 0.857. The molecule has 116 valence electrons. The number of hydrogen-bond donors (Lipinski definition) is 0. The SMILES string of the molecule is O=C1CCCN1CC[C@@H]1CN(C(=O)C2CC2)c2ccccc21. The normalized spacial score (nSPS) is 24.0. The van der Waals surface area contributed by atoms with Crippen molar-refractivity contribution in [2.75, 3.05) is 24.5 Å². The fourth-order valence-corrected chi connectivity index (χ4v) is 3.75. The number of fused-ring (bicyclic) bond motifs is 1. The largest absolute Gasteiger partial charge is 0.343 e. The van der Waals surface area contributed by atoms with Gasteiger partial charge in [-0.1, -0.05) is 18.2 Å². The highest BCUT2D eigenvalue weighted by Crippen LogP contribution is 2.41. The lowest BCUT2D eigenvalue weighted by Gasteiger charge is -2.20. The van der Waals surface area contributed by atoms with Gasteiger partial charge in [-0.05, 0) is 37.3 Å². The molecule has 0 N–H and O–H groups in total. The minimum Gasteiger partial charge on any atom is -0.343 e. The molecule has 0 unspecified atom stereocenters. The Morgan fingerprint density at radius 3 is 2.77 bits per heavy atom. The number of hydrogen-bond acceptors (Lipinski definition) is 2. The average molecular weight is 298 g/mol. The maximum atomic E-state index is 12.5. The Bertz CT molecular complexity index is 609. The molecule has 4 heteroatoms. The average Bonchev–Trinajstić information content (AvgIpc) is 3.21. The summed E-state index contributed by atoms with van der Waals surface area (Å²) in [6.07, 6.45) is 4.74. The summed E-state index contributed by atoms with van der Waals surface area (Å²) in [5.74, 6) is 1.21. The molecular formula is C18H22N2O2. The molecule has 0 radical (unpaired) electrons. The van der Waals surface area contributed by atoms with Gasteiger partial charge in [-0.3, -0.25) is 9.59 Å². The van der Waals surface area contributed by atoms with E-state index in [1.165, 1.54) is 5.56 Å². The summed E-state index contributed by atoms with van der Waals surface area (Å²) in [6.45, 7) is 2.51. The number of rotatable bonds is 4. The molecule has 2 heterocycles. The molecule has 3 aliphatic rings. The number of likely N-dealkylation sites (tertiary alicyclic amines) is 1. The lowest BCUT2D eigenvalue weighted by atomic mass is 9.98. The zero-order valence-electron chi connectivity index (χ0n) is 12.8. The van der Waals surface area contributed by atoms with Crippen molar-refractivity contribution < 1.29 is 9.59 Å². The summed E-state index contributed by atoms with van der Waals surface area (Å²) in [5, 5.41) is 0. The van der Waals surface area contributed by atoms with E-state index in [1.807, 2.05) is 15.9 Å². The van der Waals surface area contributed by atoms with E-state index >= 15 is 0 Å². The molecule has 2 fully saturated rings. The summed E-state index contributed by atoms with van der Waals surface area (Å²) < 4.78 is 0. The number of carbonyl (C=O) groups is 2. The summed E-state index contributed by atoms with van der Waals surface area (Å²) in [6, 6.07) is 8.28. The van der Waals surface area contributed by atoms with E-state index in [9.17, 15) is 9.59 Å². The second-order valence-electron chi connectivity index (χ2n) is 6.75. The molecule has 2 aliphatic heterocycles. The number of benzene rings is 1. The number of anilines is 1. The second-order valence-corrected chi connectivity index (χ2v) is 6.75. The van der Waals surface area contributed by atoms with Crippen molar-refractivity contribution in [2.45, 2.75) is 38.0 Å². The van der Waals surface area contributed by atoms with Gasteiger partial charge in [-0.2, -0.15) is 0 Å². The molecule has 1 aromatic carbocycles. The molecule has 1 aromatic rings. The van der Waals surface area contributed by atoms with Crippen LogP contribution in [-0.4, -0.2) is 36.3 Å². The maximum Gasteiger partial charge on any atom is 0.230 e. The van der Waals surface area contributed by atoms with Crippen LogP contribution in [-0.2, 0) is 9.59 Å². The monoisotopic (exact) mass is 298 g/mol. The topological polar surface area (TPSA) is 40.6 Å². The zero-order chi connectivity index (χ0) is 15.1. The third-order valence-corrected chi connectivity index (χ3v) is 5.18. The first-order valence-corrected chi connectivity index (χ1v) is 8.42.